The Balaban J connectivity index is 2.43. The molecule has 1 aromatic rings. The zero-order valence-corrected chi connectivity index (χ0v) is 11.7. The second-order valence-electron chi connectivity index (χ2n) is 3.90. The number of nitrogens with one attached hydrogen (secondary N) is 2. The maximum Gasteiger partial charge on any atom is 0.329 e. The van der Waals surface area contributed by atoms with Crippen LogP contribution in [0.1, 0.15) is 0 Å². The molecule has 10 heteroatoms. The summed E-state index contributed by atoms with van der Waals surface area (Å²) in [5.74, 6) is -1.10. The summed E-state index contributed by atoms with van der Waals surface area (Å²) in [7, 11) is -3.84. The van der Waals surface area contributed by atoms with E-state index in [0.29, 0.717) is 0 Å². The second-order valence-corrected chi connectivity index (χ2v) is 5.46. The maximum absolute atomic E-state index is 11.5. The number of carbonyl (C=O) groups excluding carboxylic acids is 1. The van der Waals surface area contributed by atoms with Crippen molar-refractivity contribution in [2.24, 2.45) is 5.14 Å². The summed E-state index contributed by atoms with van der Waals surface area (Å²) < 4.78 is 27.0. The fraction of sp³-hybridized carbons (Fsp3) is 0.273. The molecule has 0 fully saturated rings. The van der Waals surface area contributed by atoms with Gasteiger partial charge in [0.15, 0.2) is 0 Å². The van der Waals surface area contributed by atoms with E-state index in [-0.39, 0.29) is 23.7 Å². The van der Waals surface area contributed by atoms with E-state index in [9.17, 15) is 18.0 Å². The largest absolute Gasteiger partial charge is 0.480 e. The van der Waals surface area contributed by atoms with E-state index in [0.717, 1.165) is 0 Å². The highest BCUT2D eigenvalue weighted by molar-refractivity contribution is 7.89. The number of carboxylic acid groups (broad SMARTS) is 1. The summed E-state index contributed by atoms with van der Waals surface area (Å²) in [5.41, 5.74) is 0.255. The molecule has 0 radical (unpaired) electrons. The highest BCUT2D eigenvalue weighted by atomic mass is 32.2. The third-order valence-electron chi connectivity index (χ3n) is 2.18. The van der Waals surface area contributed by atoms with Crippen LogP contribution >= 0.6 is 0 Å². The summed E-state index contributed by atoms with van der Waals surface area (Å²) in [4.78, 5) is 21.5. The van der Waals surface area contributed by atoms with Crippen LogP contribution in [0.3, 0.4) is 0 Å². The number of anilines is 1. The Bertz CT molecular complexity index is 616. The van der Waals surface area contributed by atoms with Crippen molar-refractivity contribution in [3.05, 3.63) is 24.3 Å². The molecule has 1 rings (SSSR count). The molecule has 2 amide bonds. The third kappa shape index (κ3) is 6.70. The van der Waals surface area contributed by atoms with Gasteiger partial charge in [-0.1, -0.05) is 6.07 Å². The first kappa shape index (κ1) is 16.9. The van der Waals surface area contributed by atoms with Crippen molar-refractivity contribution in [2.75, 3.05) is 25.1 Å². The number of aliphatic carboxylic acids is 1. The van der Waals surface area contributed by atoms with E-state index >= 15 is 0 Å². The van der Waals surface area contributed by atoms with Gasteiger partial charge in [-0.2, -0.15) is 0 Å². The summed E-state index contributed by atoms with van der Waals surface area (Å²) >= 11 is 0. The van der Waals surface area contributed by atoms with Crippen LogP contribution in [-0.4, -0.2) is 45.3 Å². The summed E-state index contributed by atoms with van der Waals surface area (Å²) in [5, 5.41) is 18.1. The molecule has 0 aliphatic heterocycles. The summed E-state index contributed by atoms with van der Waals surface area (Å²) in [6, 6.07) is 4.87. The van der Waals surface area contributed by atoms with E-state index in [1.54, 1.807) is 0 Å². The van der Waals surface area contributed by atoms with Gasteiger partial charge in [-0.15, -0.1) is 0 Å². The molecule has 0 bridgehead atoms. The molecule has 0 spiro atoms. The minimum absolute atomic E-state index is 0.0386. The van der Waals surface area contributed by atoms with E-state index in [4.69, 9.17) is 15.0 Å². The van der Waals surface area contributed by atoms with E-state index < -0.39 is 28.6 Å². The molecular formula is C11H15N3O6S. The minimum atomic E-state index is -3.84. The van der Waals surface area contributed by atoms with Crippen molar-refractivity contribution >= 4 is 27.7 Å². The van der Waals surface area contributed by atoms with E-state index in [2.05, 4.69) is 10.6 Å². The van der Waals surface area contributed by atoms with Crippen LogP contribution in [0.15, 0.2) is 29.2 Å². The fourth-order valence-corrected chi connectivity index (χ4v) is 1.88. The molecule has 0 aromatic heterocycles. The van der Waals surface area contributed by atoms with Crippen LogP contribution in [0, 0.1) is 0 Å². The summed E-state index contributed by atoms with van der Waals surface area (Å²) in [6.45, 7) is -0.301. The number of hydrogen-bond donors (Lipinski definition) is 4. The number of amides is 2. The van der Waals surface area contributed by atoms with Crippen LogP contribution in [0.2, 0.25) is 0 Å². The molecule has 0 saturated carbocycles. The fourth-order valence-electron chi connectivity index (χ4n) is 1.32. The predicted molar refractivity (Wildman–Crippen MR) is 73.3 cm³/mol. The van der Waals surface area contributed by atoms with Crippen LogP contribution in [-0.2, 0) is 19.6 Å². The SMILES string of the molecule is NS(=O)(=O)c1cccc(NC(=O)NCCOCC(=O)O)c1. The number of carbonyl (C=O) groups is 2. The first-order valence-electron chi connectivity index (χ1n) is 5.76. The topological polar surface area (TPSA) is 148 Å². The standard InChI is InChI=1S/C11H15N3O6S/c12-21(18,19)9-3-1-2-8(6-9)14-11(17)13-4-5-20-7-10(15)16/h1-3,6H,4-5,7H2,(H,15,16)(H2,12,18,19)(H2,13,14,17). The lowest BCUT2D eigenvalue weighted by molar-refractivity contribution is -0.142. The maximum atomic E-state index is 11.5. The molecule has 0 aliphatic carbocycles. The lowest BCUT2D eigenvalue weighted by Crippen LogP contribution is -2.32. The van der Waals surface area contributed by atoms with Crippen molar-refractivity contribution in [1.82, 2.24) is 5.32 Å². The van der Waals surface area contributed by atoms with Crippen LogP contribution in [0.5, 0.6) is 0 Å². The van der Waals surface area contributed by atoms with Gasteiger partial charge in [0, 0.05) is 12.2 Å². The normalized spacial score (nSPS) is 10.9. The average molecular weight is 317 g/mol. The number of benzene rings is 1. The number of rotatable bonds is 7. The zero-order chi connectivity index (χ0) is 15.9. The van der Waals surface area contributed by atoms with Crippen molar-refractivity contribution < 1.29 is 27.9 Å². The van der Waals surface area contributed by atoms with Gasteiger partial charge in [0.05, 0.1) is 11.5 Å². The number of hydrogen-bond acceptors (Lipinski definition) is 5. The van der Waals surface area contributed by atoms with Crippen LogP contribution in [0.4, 0.5) is 10.5 Å². The van der Waals surface area contributed by atoms with Crippen molar-refractivity contribution in [1.29, 1.82) is 0 Å². The molecule has 0 heterocycles. The highest BCUT2D eigenvalue weighted by Crippen LogP contribution is 2.13. The van der Waals surface area contributed by atoms with Gasteiger partial charge >= 0.3 is 12.0 Å². The molecule has 5 N–H and O–H groups in total. The average Bonchev–Trinajstić information content (AvgIpc) is 2.37. The van der Waals surface area contributed by atoms with Crippen LogP contribution in [0.25, 0.3) is 0 Å². The van der Waals surface area contributed by atoms with Gasteiger partial charge in [-0.05, 0) is 18.2 Å². The molecule has 0 saturated heterocycles. The molecule has 0 unspecified atom stereocenters. The Kier molecular flexibility index (Phi) is 6.09. The Morgan fingerprint density at radius 3 is 2.67 bits per heavy atom. The number of urea groups is 1. The zero-order valence-electron chi connectivity index (χ0n) is 10.9. The quantitative estimate of drug-likeness (QED) is 0.501. The first-order valence-corrected chi connectivity index (χ1v) is 7.31. The Morgan fingerprint density at radius 1 is 1.33 bits per heavy atom. The third-order valence-corrected chi connectivity index (χ3v) is 3.09. The number of ether oxygens (including phenoxy) is 1. The number of sulfonamides is 1. The Labute approximate surface area is 121 Å². The highest BCUT2D eigenvalue weighted by Gasteiger charge is 2.09. The van der Waals surface area contributed by atoms with Gasteiger partial charge in [0.2, 0.25) is 10.0 Å². The summed E-state index contributed by atoms with van der Waals surface area (Å²) in [6.07, 6.45) is 0. The molecule has 116 valence electrons. The monoisotopic (exact) mass is 317 g/mol. The molecule has 21 heavy (non-hydrogen) atoms. The molecule has 0 aliphatic rings. The smallest absolute Gasteiger partial charge is 0.329 e. The number of carboxylic acids is 1. The van der Waals surface area contributed by atoms with Gasteiger partial charge in [0.1, 0.15) is 6.61 Å². The van der Waals surface area contributed by atoms with Gasteiger partial charge in [-0.3, -0.25) is 0 Å². The minimum Gasteiger partial charge on any atom is -0.480 e. The Morgan fingerprint density at radius 2 is 2.05 bits per heavy atom. The predicted octanol–water partition coefficient (Wildman–Crippen LogP) is -0.443. The molecule has 1 aromatic carbocycles. The van der Waals surface area contributed by atoms with Gasteiger partial charge in [0.25, 0.3) is 0 Å². The second kappa shape index (κ2) is 7.57. The van der Waals surface area contributed by atoms with Gasteiger partial charge < -0.3 is 20.5 Å². The number of primary sulfonamides is 1. The van der Waals surface area contributed by atoms with Gasteiger partial charge in [-0.25, -0.2) is 23.1 Å². The lowest BCUT2D eigenvalue weighted by Gasteiger charge is -2.08. The van der Waals surface area contributed by atoms with Crippen molar-refractivity contribution in [3.8, 4) is 0 Å². The molecule has 0 atom stereocenters. The first-order chi connectivity index (χ1) is 9.79. The number of nitrogens with two attached hydrogens (primary N) is 1. The molecule has 9 nitrogen and oxygen atoms in total. The Hall–Kier alpha value is -2.17. The van der Waals surface area contributed by atoms with E-state index in [1.165, 1.54) is 24.3 Å². The van der Waals surface area contributed by atoms with E-state index in [1.807, 2.05) is 0 Å². The van der Waals surface area contributed by atoms with Crippen molar-refractivity contribution in [3.63, 3.8) is 0 Å². The lowest BCUT2D eigenvalue weighted by atomic mass is 10.3. The molecular weight excluding hydrogens is 302 g/mol. The van der Waals surface area contributed by atoms with Crippen molar-refractivity contribution in [2.45, 2.75) is 4.90 Å². The van der Waals surface area contributed by atoms with Crippen LogP contribution < -0.4 is 15.8 Å².